The Hall–Kier alpha value is -2.34. The van der Waals surface area contributed by atoms with Gasteiger partial charge in [0.05, 0.1) is 23.6 Å². The summed E-state index contributed by atoms with van der Waals surface area (Å²) in [5.74, 6) is 0.974. The van der Waals surface area contributed by atoms with Crippen molar-refractivity contribution in [2.24, 2.45) is 0 Å². The molecule has 7 heteroatoms. The first-order valence-corrected chi connectivity index (χ1v) is 8.75. The van der Waals surface area contributed by atoms with Crippen LogP contribution in [0.4, 0.5) is 11.5 Å². The first-order chi connectivity index (χ1) is 12.0. The van der Waals surface area contributed by atoms with Crippen LogP contribution in [0.3, 0.4) is 0 Å². The third-order valence-electron chi connectivity index (χ3n) is 3.85. The third kappa shape index (κ3) is 4.39. The minimum Gasteiger partial charge on any atom is -0.474 e. The highest BCUT2D eigenvalue weighted by Gasteiger charge is 2.15. The minimum atomic E-state index is -0.291. The van der Waals surface area contributed by atoms with Crippen molar-refractivity contribution < 1.29 is 9.53 Å². The van der Waals surface area contributed by atoms with E-state index in [1.165, 1.54) is 19.0 Å². The molecule has 1 amide bonds. The van der Waals surface area contributed by atoms with E-state index in [-0.39, 0.29) is 12.0 Å². The van der Waals surface area contributed by atoms with E-state index in [1.54, 1.807) is 12.3 Å². The Morgan fingerprint density at radius 2 is 2.00 bits per heavy atom. The van der Waals surface area contributed by atoms with Gasteiger partial charge in [0.1, 0.15) is 10.8 Å². The SMILES string of the molecule is CC(C)Oc1ncc(C(=O)Nc2ccc(N3CCCC3)nc2)cc1Cl. The van der Waals surface area contributed by atoms with E-state index in [2.05, 4.69) is 20.2 Å². The monoisotopic (exact) mass is 360 g/mol. The molecule has 1 N–H and O–H groups in total. The highest BCUT2D eigenvalue weighted by atomic mass is 35.5. The molecule has 2 aromatic rings. The molecule has 1 fully saturated rings. The molecule has 1 aliphatic heterocycles. The van der Waals surface area contributed by atoms with Crippen LogP contribution < -0.4 is 15.0 Å². The van der Waals surface area contributed by atoms with Crippen LogP contribution in [0.5, 0.6) is 5.88 Å². The number of nitrogens with one attached hydrogen (secondary N) is 1. The number of nitrogens with zero attached hydrogens (tertiary/aromatic N) is 3. The van der Waals surface area contributed by atoms with Crippen molar-refractivity contribution in [3.63, 3.8) is 0 Å². The number of pyridine rings is 2. The summed E-state index contributed by atoms with van der Waals surface area (Å²) >= 11 is 6.13. The Labute approximate surface area is 152 Å². The van der Waals surface area contributed by atoms with Gasteiger partial charge in [-0.15, -0.1) is 0 Å². The first kappa shape index (κ1) is 17.5. The number of carbonyl (C=O) groups excluding carboxylic acids is 1. The van der Waals surface area contributed by atoms with E-state index in [9.17, 15) is 4.79 Å². The molecule has 3 heterocycles. The molecule has 132 valence electrons. The van der Waals surface area contributed by atoms with Gasteiger partial charge in [-0.3, -0.25) is 4.79 Å². The molecule has 2 aromatic heterocycles. The fraction of sp³-hybridized carbons (Fsp3) is 0.389. The number of hydrogen-bond acceptors (Lipinski definition) is 5. The summed E-state index contributed by atoms with van der Waals surface area (Å²) in [5, 5.41) is 3.11. The lowest BCUT2D eigenvalue weighted by atomic mass is 10.2. The zero-order valence-electron chi connectivity index (χ0n) is 14.3. The van der Waals surface area contributed by atoms with Crippen molar-refractivity contribution in [3.8, 4) is 5.88 Å². The van der Waals surface area contributed by atoms with Crippen molar-refractivity contribution in [1.29, 1.82) is 0 Å². The van der Waals surface area contributed by atoms with Gasteiger partial charge in [0.15, 0.2) is 0 Å². The van der Waals surface area contributed by atoms with Gasteiger partial charge in [0, 0.05) is 19.3 Å². The summed E-state index contributed by atoms with van der Waals surface area (Å²) in [6.07, 6.45) is 5.47. The Balaban J connectivity index is 1.66. The standard InChI is InChI=1S/C18H21ClN4O2/c1-12(2)25-18-15(19)9-13(10-21-18)17(24)22-14-5-6-16(20-11-14)23-7-3-4-8-23/h5-6,9-12H,3-4,7-8H2,1-2H3,(H,22,24). The van der Waals surface area contributed by atoms with Gasteiger partial charge >= 0.3 is 0 Å². The molecule has 0 bridgehead atoms. The van der Waals surface area contributed by atoms with Crippen LogP contribution in [0.15, 0.2) is 30.6 Å². The molecule has 0 atom stereocenters. The summed E-state index contributed by atoms with van der Waals surface area (Å²) in [4.78, 5) is 23.1. The number of anilines is 2. The predicted octanol–water partition coefficient (Wildman–Crippen LogP) is 3.77. The Kier molecular flexibility index (Phi) is 5.38. The molecule has 1 saturated heterocycles. The van der Waals surface area contributed by atoms with Gasteiger partial charge in [-0.1, -0.05) is 11.6 Å². The van der Waals surface area contributed by atoms with Crippen LogP contribution in [-0.4, -0.2) is 35.1 Å². The predicted molar refractivity (Wildman–Crippen MR) is 98.6 cm³/mol. The summed E-state index contributed by atoms with van der Waals surface area (Å²) in [5.41, 5.74) is 0.997. The summed E-state index contributed by atoms with van der Waals surface area (Å²) < 4.78 is 5.47. The first-order valence-electron chi connectivity index (χ1n) is 8.37. The topological polar surface area (TPSA) is 67.3 Å². The maximum atomic E-state index is 12.4. The maximum Gasteiger partial charge on any atom is 0.257 e. The highest BCUT2D eigenvalue weighted by molar-refractivity contribution is 6.32. The van der Waals surface area contributed by atoms with E-state index in [1.807, 2.05) is 26.0 Å². The molecule has 0 radical (unpaired) electrons. The Morgan fingerprint density at radius 3 is 2.60 bits per heavy atom. The second-order valence-electron chi connectivity index (χ2n) is 6.23. The van der Waals surface area contributed by atoms with Crippen LogP contribution in [-0.2, 0) is 0 Å². The number of rotatable bonds is 5. The number of aromatic nitrogens is 2. The largest absolute Gasteiger partial charge is 0.474 e. The molecule has 0 saturated carbocycles. The average Bonchev–Trinajstić information content (AvgIpc) is 3.11. The lowest BCUT2D eigenvalue weighted by Gasteiger charge is -2.16. The third-order valence-corrected chi connectivity index (χ3v) is 4.12. The molecule has 0 unspecified atom stereocenters. The zero-order chi connectivity index (χ0) is 17.8. The van der Waals surface area contributed by atoms with Crippen molar-refractivity contribution in [1.82, 2.24) is 9.97 Å². The number of amides is 1. The van der Waals surface area contributed by atoms with Crippen LogP contribution in [0.1, 0.15) is 37.0 Å². The second kappa shape index (κ2) is 7.70. The van der Waals surface area contributed by atoms with Gasteiger partial charge in [0.2, 0.25) is 5.88 Å². The number of hydrogen-bond donors (Lipinski definition) is 1. The summed E-state index contributed by atoms with van der Waals surface area (Å²) in [6.45, 7) is 5.84. The molecule has 3 rings (SSSR count). The van der Waals surface area contributed by atoms with Gasteiger partial charge in [-0.05, 0) is 44.9 Å². The normalized spacial score (nSPS) is 14.0. The molecule has 6 nitrogen and oxygen atoms in total. The zero-order valence-corrected chi connectivity index (χ0v) is 15.1. The number of ether oxygens (including phenoxy) is 1. The average molecular weight is 361 g/mol. The Morgan fingerprint density at radius 1 is 1.24 bits per heavy atom. The van der Waals surface area contributed by atoms with E-state index < -0.39 is 0 Å². The van der Waals surface area contributed by atoms with E-state index >= 15 is 0 Å². The van der Waals surface area contributed by atoms with E-state index in [0.717, 1.165) is 18.9 Å². The Bertz CT molecular complexity index is 743. The van der Waals surface area contributed by atoms with Crippen molar-refractivity contribution >= 4 is 29.0 Å². The molecular formula is C18H21ClN4O2. The fourth-order valence-electron chi connectivity index (χ4n) is 2.66. The molecular weight excluding hydrogens is 340 g/mol. The molecule has 0 aliphatic carbocycles. The van der Waals surface area contributed by atoms with Crippen LogP contribution in [0.2, 0.25) is 5.02 Å². The van der Waals surface area contributed by atoms with E-state index in [4.69, 9.17) is 16.3 Å². The fourth-order valence-corrected chi connectivity index (χ4v) is 2.87. The van der Waals surface area contributed by atoms with Gasteiger partial charge in [0.25, 0.3) is 5.91 Å². The van der Waals surface area contributed by atoms with Gasteiger partial charge < -0.3 is 15.0 Å². The van der Waals surface area contributed by atoms with Crippen molar-refractivity contribution in [2.75, 3.05) is 23.3 Å². The van der Waals surface area contributed by atoms with Crippen molar-refractivity contribution in [2.45, 2.75) is 32.8 Å². The lowest BCUT2D eigenvalue weighted by molar-refractivity contribution is 0.102. The molecule has 25 heavy (non-hydrogen) atoms. The van der Waals surface area contributed by atoms with Crippen LogP contribution in [0.25, 0.3) is 0 Å². The van der Waals surface area contributed by atoms with Gasteiger partial charge in [-0.2, -0.15) is 0 Å². The lowest BCUT2D eigenvalue weighted by Crippen LogP contribution is -2.19. The van der Waals surface area contributed by atoms with Gasteiger partial charge in [-0.25, -0.2) is 9.97 Å². The summed E-state index contributed by atoms with van der Waals surface area (Å²) in [7, 11) is 0. The minimum absolute atomic E-state index is 0.0372. The van der Waals surface area contributed by atoms with Crippen LogP contribution >= 0.6 is 11.6 Å². The number of halogens is 1. The quantitative estimate of drug-likeness (QED) is 0.879. The molecule has 1 aliphatic rings. The summed E-state index contributed by atoms with van der Waals surface area (Å²) in [6, 6.07) is 5.32. The maximum absolute atomic E-state index is 12.4. The molecule has 0 aromatic carbocycles. The van der Waals surface area contributed by atoms with E-state index in [0.29, 0.717) is 22.2 Å². The highest BCUT2D eigenvalue weighted by Crippen LogP contribution is 2.24. The smallest absolute Gasteiger partial charge is 0.257 e. The van der Waals surface area contributed by atoms with Crippen LogP contribution in [0, 0.1) is 0 Å². The molecule has 0 spiro atoms. The second-order valence-corrected chi connectivity index (χ2v) is 6.64. The number of carbonyl (C=O) groups is 1. The van der Waals surface area contributed by atoms with Crippen molar-refractivity contribution in [3.05, 3.63) is 41.2 Å².